The summed E-state index contributed by atoms with van der Waals surface area (Å²) in [6.45, 7) is 0. The monoisotopic (exact) mass is 316 g/mol. The van der Waals surface area contributed by atoms with Crippen LogP contribution in [-0.2, 0) is 0 Å². The maximum atomic E-state index is 10.9. The van der Waals surface area contributed by atoms with E-state index >= 15 is 0 Å². The molecule has 0 bridgehead atoms. The Balaban J connectivity index is 1.79. The molecule has 0 radical (unpaired) electrons. The lowest BCUT2D eigenvalue weighted by molar-refractivity contribution is 0.0697. The zero-order valence-electron chi connectivity index (χ0n) is 12.5. The largest absolute Gasteiger partial charge is 0.478 e. The Hall–Kier alpha value is -3.65. The normalized spacial score (nSPS) is 10.6. The highest BCUT2D eigenvalue weighted by Gasteiger charge is 2.05. The second kappa shape index (κ2) is 6.63. The first-order valence-corrected chi connectivity index (χ1v) is 7.13. The number of hydrogen-bond acceptors (Lipinski definition) is 4. The van der Waals surface area contributed by atoms with Crippen molar-refractivity contribution in [3.05, 3.63) is 77.6 Å². The minimum Gasteiger partial charge on any atom is -0.478 e. The summed E-state index contributed by atoms with van der Waals surface area (Å²) in [6.07, 6.45) is 1.54. The van der Waals surface area contributed by atoms with Gasteiger partial charge in [0, 0.05) is 5.56 Å². The van der Waals surface area contributed by atoms with Crippen LogP contribution in [0, 0.1) is 11.3 Å². The van der Waals surface area contributed by atoms with Gasteiger partial charge in [-0.05, 0) is 54.6 Å². The van der Waals surface area contributed by atoms with Crippen molar-refractivity contribution >= 4 is 17.9 Å². The van der Waals surface area contributed by atoms with E-state index in [4.69, 9.17) is 14.8 Å². The molecule has 3 rings (SSSR count). The van der Waals surface area contributed by atoms with Gasteiger partial charge in [0.2, 0.25) is 0 Å². The van der Waals surface area contributed by atoms with Crippen molar-refractivity contribution in [1.29, 1.82) is 5.26 Å². The van der Waals surface area contributed by atoms with Gasteiger partial charge >= 0.3 is 5.97 Å². The quantitative estimate of drug-likeness (QED) is 0.728. The summed E-state index contributed by atoms with van der Waals surface area (Å²) in [5.74, 6) is 0.225. The molecular formula is C19H12N2O3. The molecule has 0 aliphatic heterocycles. The summed E-state index contributed by atoms with van der Waals surface area (Å²) >= 11 is 0. The second-order valence-electron chi connectivity index (χ2n) is 5.00. The van der Waals surface area contributed by atoms with E-state index < -0.39 is 5.97 Å². The third-order valence-electron chi connectivity index (χ3n) is 3.36. The van der Waals surface area contributed by atoms with Crippen LogP contribution in [0.4, 0.5) is 5.69 Å². The Morgan fingerprint density at radius 1 is 1.12 bits per heavy atom. The molecule has 0 fully saturated rings. The Kier molecular flexibility index (Phi) is 4.21. The van der Waals surface area contributed by atoms with Gasteiger partial charge in [0.25, 0.3) is 0 Å². The number of hydrogen-bond donors (Lipinski definition) is 1. The summed E-state index contributed by atoms with van der Waals surface area (Å²) in [7, 11) is 0. The molecule has 24 heavy (non-hydrogen) atoms. The molecule has 0 aliphatic rings. The standard InChI is InChI=1S/C19H12N2O3/c20-11-13-4-6-14(7-5-13)18-9-8-17(24-18)12-21-16-3-1-2-15(10-16)19(22)23/h1-10,12H,(H,22,23). The van der Waals surface area contributed by atoms with E-state index in [1.165, 1.54) is 18.3 Å². The molecular weight excluding hydrogens is 304 g/mol. The number of nitrogens with zero attached hydrogens (tertiary/aromatic N) is 2. The molecule has 0 amide bonds. The molecule has 5 nitrogen and oxygen atoms in total. The number of carboxylic acid groups (broad SMARTS) is 1. The fraction of sp³-hybridized carbons (Fsp3) is 0. The average molecular weight is 316 g/mol. The van der Waals surface area contributed by atoms with E-state index in [-0.39, 0.29) is 5.56 Å². The number of furan rings is 1. The summed E-state index contributed by atoms with van der Waals surface area (Å²) in [5.41, 5.74) is 2.17. The zero-order chi connectivity index (χ0) is 16.9. The molecule has 0 spiro atoms. The Labute approximate surface area is 138 Å². The van der Waals surface area contributed by atoms with Gasteiger partial charge in [0.1, 0.15) is 11.5 Å². The van der Waals surface area contributed by atoms with Gasteiger partial charge in [0.05, 0.1) is 29.1 Å². The van der Waals surface area contributed by atoms with Crippen LogP contribution in [0.3, 0.4) is 0 Å². The van der Waals surface area contributed by atoms with Gasteiger partial charge in [-0.2, -0.15) is 5.26 Å². The summed E-state index contributed by atoms with van der Waals surface area (Å²) in [6, 6.07) is 19.1. The average Bonchev–Trinajstić information content (AvgIpc) is 3.09. The van der Waals surface area contributed by atoms with Crippen LogP contribution in [0.25, 0.3) is 11.3 Å². The summed E-state index contributed by atoms with van der Waals surface area (Å²) < 4.78 is 5.69. The van der Waals surface area contributed by atoms with Crippen LogP contribution >= 0.6 is 0 Å². The highest BCUT2D eigenvalue weighted by molar-refractivity contribution is 5.89. The molecule has 0 saturated heterocycles. The van der Waals surface area contributed by atoms with E-state index in [9.17, 15) is 4.79 Å². The molecule has 1 heterocycles. The first-order chi connectivity index (χ1) is 11.7. The number of carboxylic acids is 1. The van der Waals surface area contributed by atoms with Gasteiger partial charge < -0.3 is 9.52 Å². The van der Waals surface area contributed by atoms with Gasteiger partial charge in [-0.25, -0.2) is 4.79 Å². The predicted octanol–water partition coefficient (Wildman–Crippen LogP) is 4.27. The van der Waals surface area contributed by atoms with Gasteiger partial charge in [-0.15, -0.1) is 0 Å². The van der Waals surface area contributed by atoms with E-state index in [1.54, 1.807) is 30.3 Å². The third-order valence-corrected chi connectivity index (χ3v) is 3.36. The van der Waals surface area contributed by atoms with E-state index in [2.05, 4.69) is 11.1 Å². The van der Waals surface area contributed by atoms with E-state index in [0.717, 1.165) is 5.56 Å². The molecule has 0 atom stereocenters. The molecule has 1 aromatic heterocycles. The molecule has 116 valence electrons. The Morgan fingerprint density at radius 3 is 2.62 bits per heavy atom. The van der Waals surface area contributed by atoms with Crippen LogP contribution in [0.1, 0.15) is 21.7 Å². The molecule has 2 aromatic carbocycles. The summed E-state index contributed by atoms with van der Waals surface area (Å²) in [5, 5.41) is 17.8. The van der Waals surface area contributed by atoms with Crippen molar-refractivity contribution < 1.29 is 14.3 Å². The number of benzene rings is 2. The van der Waals surface area contributed by atoms with Crippen LogP contribution in [0.2, 0.25) is 0 Å². The number of carbonyl (C=O) groups is 1. The minimum absolute atomic E-state index is 0.183. The van der Waals surface area contributed by atoms with Crippen molar-refractivity contribution in [2.45, 2.75) is 0 Å². The Bertz CT molecular complexity index is 947. The molecule has 0 aliphatic carbocycles. The first kappa shape index (κ1) is 15.3. The van der Waals surface area contributed by atoms with Gasteiger partial charge in [0.15, 0.2) is 0 Å². The molecule has 3 aromatic rings. The predicted molar refractivity (Wildman–Crippen MR) is 89.5 cm³/mol. The maximum absolute atomic E-state index is 10.9. The van der Waals surface area contributed by atoms with Crippen LogP contribution in [0.5, 0.6) is 0 Å². The Morgan fingerprint density at radius 2 is 1.92 bits per heavy atom. The third kappa shape index (κ3) is 3.39. The van der Waals surface area contributed by atoms with Crippen molar-refractivity contribution in [2.24, 2.45) is 4.99 Å². The van der Waals surface area contributed by atoms with Crippen molar-refractivity contribution in [3.63, 3.8) is 0 Å². The maximum Gasteiger partial charge on any atom is 0.335 e. The van der Waals surface area contributed by atoms with Gasteiger partial charge in [-0.1, -0.05) is 6.07 Å². The summed E-state index contributed by atoms with van der Waals surface area (Å²) in [4.78, 5) is 15.2. The lowest BCUT2D eigenvalue weighted by Gasteiger charge is -1.97. The van der Waals surface area contributed by atoms with Crippen molar-refractivity contribution in [2.75, 3.05) is 0 Å². The first-order valence-electron chi connectivity index (χ1n) is 7.13. The highest BCUT2D eigenvalue weighted by atomic mass is 16.4. The highest BCUT2D eigenvalue weighted by Crippen LogP contribution is 2.22. The number of aliphatic imine (C=N–C) groups is 1. The molecule has 0 unspecified atom stereocenters. The van der Waals surface area contributed by atoms with E-state index in [1.807, 2.05) is 18.2 Å². The molecule has 5 heteroatoms. The number of aromatic carboxylic acids is 1. The van der Waals surface area contributed by atoms with Crippen LogP contribution < -0.4 is 0 Å². The second-order valence-corrected chi connectivity index (χ2v) is 5.00. The molecule has 0 saturated carbocycles. The lowest BCUT2D eigenvalue weighted by Crippen LogP contribution is -1.94. The SMILES string of the molecule is N#Cc1ccc(-c2ccc(C=Nc3cccc(C(=O)O)c3)o2)cc1. The zero-order valence-corrected chi connectivity index (χ0v) is 12.5. The smallest absolute Gasteiger partial charge is 0.335 e. The fourth-order valence-corrected chi connectivity index (χ4v) is 2.14. The molecule has 1 N–H and O–H groups in total. The fourth-order valence-electron chi connectivity index (χ4n) is 2.14. The topological polar surface area (TPSA) is 86.6 Å². The van der Waals surface area contributed by atoms with Gasteiger partial charge in [-0.3, -0.25) is 4.99 Å². The van der Waals surface area contributed by atoms with Crippen molar-refractivity contribution in [3.8, 4) is 17.4 Å². The van der Waals surface area contributed by atoms with Crippen LogP contribution in [-0.4, -0.2) is 17.3 Å². The van der Waals surface area contributed by atoms with Crippen LogP contribution in [0.15, 0.2) is 70.1 Å². The van der Waals surface area contributed by atoms with Crippen molar-refractivity contribution in [1.82, 2.24) is 0 Å². The number of rotatable bonds is 4. The lowest BCUT2D eigenvalue weighted by atomic mass is 10.1. The van der Waals surface area contributed by atoms with E-state index in [0.29, 0.717) is 22.8 Å². The number of nitriles is 1. The minimum atomic E-state index is -0.992.